The third-order valence-electron chi connectivity index (χ3n) is 0.321. The zero-order valence-corrected chi connectivity index (χ0v) is 5.94. The van der Waals surface area contributed by atoms with Crippen LogP contribution in [0.15, 0.2) is 0 Å². The summed E-state index contributed by atoms with van der Waals surface area (Å²) in [4.78, 5) is 0. The van der Waals surface area contributed by atoms with Gasteiger partial charge in [-0.05, 0) is 11.6 Å². The number of halogens is 7. The number of rotatable bonds is 1. The summed E-state index contributed by atoms with van der Waals surface area (Å²) < 4.78 is 30.6. The molecule has 0 spiro atoms. The van der Waals surface area contributed by atoms with E-state index in [1.165, 1.54) is 0 Å². The molecule has 0 aliphatic carbocycles. The standard InChI is InChI=1S/C2Cl3F3.FH/c3-1(4,6)2(5,7)8;/h;1H. The van der Waals surface area contributed by atoms with Crippen molar-refractivity contribution in [2.24, 2.45) is 0 Å². The van der Waals surface area contributed by atoms with Gasteiger partial charge in [0.15, 0.2) is 0 Å². The molecule has 0 aliphatic rings. The third kappa shape index (κ3) is 4.06. The monoisotopic (exact) mass is 206 g/mol. The lowest BCUT2D eigenvalue weighted by Crippen LogP contribution is -2.27. The highest BCUT2D eigenvalue weighted by Gasteiger charge is 2.51. The van der Waals surface area contributed by atoms with Crippen LogP contribution >= 0.6 is 34.8 Å². The fourth-order valence-corrected chi connectivity index (χ4v) is 0. The highest BCUT2D eigenvalue weighted by atomic mass is 35.5. The summed E-state index contributed by atoms with van der Waals surface area (Å²) in [6.07, 6.45) is 0. The lowest BCUT2D eigenvalue weighted by molar-refractivity contribution is 0.0241. The van der Waals surface area contributed by atoms with Gasteiger partial charge in [0.2, 0.25) is 0 Å². The molecule has 0 radical (unpaired) electrons. The van der Waals surface area contributed by atoms with Crippen LogP contribution in [0.1, 0.15) is 0 Å². The molecule has 0 atom stereocenters. The van der Waals surface area contributed by atoms with E-state index in [1.807, 2.05) is 0 Å². The fraction of sp³-hybridized carbons (Fsp3) is 1.00. The number of hydrogen-bond donors (Lipinski definition) is 0. The van der Waals surface area contributed by atoms with Crippen molar-refractivity contribution < 1.29 is 17.9 Å². The SMILES string of the molecule is F.FC(F)(Cl)C(F)(Cl)Cl. The minimum atomic E-state index is -4.23. The maximum Gasteiger partial charge on any atom is 0.383 e. The van der Waals surface area contributed by atoms with E-state index in [0.717, 1.165) is 0 Å². The number of hydrogen-bond acceptors (Lipinski definition) is 0. The van der Waals surface area contributed by atoms with Crippen LogP contribution in [0.25, 0.3) is 0 Å². The van der Waals surface area contributed by atoms with Crippen molar-refractivity contribution in [2.45, 2.75) is 9.97 Å². The minimum Gasteiger partial charge on any atom is -0.269 e. The molecule has 0 unspecified atom stereocenters. The zero-order chi connectivity index (χ0) is 7.00. The molecule has 0 saturated heterocycles. The zero-order valence-electron chi connectivity index (χ0n) is 3.68. The summed E-state index contributed by atoms with van der Waals surface area (Å²) >= 11 is 12.5. The van der Waals surface area contributed by atoms with E-state index < -0.39 is 9.97 Å². The molecule has 9 heavy (non-hydrogen) atoms. The van der Waals surface area contributed by atoms with Crippen LogP contribution < -0.4 is 0 Å². The van der Waals surface area contributed by atoms with Crippen LogP contribution in [-0.4, -0.2) is 9.97 Å². The van der Waals surface area contributed by atoms with E-state index in [-0.39, 0.29) is 4.70 Å². The van der Waals surface area contributed by atoms with Crippen molar-refractivity contribution in [3.05, 3.63) is 0 Å². The first-order chi connectivity index (χ1) is 3.25. The third-order valence-corrected chi connectivity index (χ3v) is 1.25. The maximum atomic E-state index is 11.5. The molecular weight excluding hydrogens is 206 g/mol. The molecule has 0 saturated carbocycles. The summed E-state index contributed by atoms with van der Waals surface area (Å²) in [6, 6.07) is 0. The van der Waals surface area contributed by atoms with Crippen molar-refractivity contribution in [1.29, 1.82) is 0 Å². The first kappa shape index (κ1) is 12.3. The molecule has 0 fully saturated rings. The molecule has 0 heterocycles. The Kier molecular flexibility index (Phi) is 4.26. The summed E-state index contributed by atoms with van der Waals surface area (Å²) in [5.41, 5.74) is 0. The molecule has 0 N–H and O–H groups in total. The van der Waals surface area contributed by atoms with Crippen molar-refractivity contribution in [1.82, 2.24) is 0 Å². The smallest absolute Gasteiger partial charge is 0.269 e. The maximum absolute atomic E-state index is 11.5. The van der Waals surface area contributed by atoms with E-state index in [0.29, 0.717) is 0 Å². The van der Waals surface area contributed by atoms with Gasteiger partial charge in [-0.15, -0.1) is 0 Å². The van der Waals surface area contributed by atoms with Crippen molar-refractivity contribution in [3.8, 4) is 0 Å². The van der Waals surface area contributed by atoms with E-state index in [1.54, 1.807) is 0 Å². The Morgan fingerprint density at radius 2 is 1.00 bits per heavy atom. The van der Waals surface area contributed by atoms with Crippen LogP contribution in [0.3, 0.4) is 0 Å². The quantitative estimate of drug-likeness (QED) is 0.458. The van der Waals surface area contributed by atoms with Gasteiger partial charge in [-0.2, -0.15) is 13.2 Å². The molecule has 0 aromatic carbocycles. The van der Waals surface area contributed by atoms with Crippen LogP contribution in [0, 0.1) is 0 Å². The second-order valence-electron chi connectivity index (χ2n) is 0.996. The topological polar surface area (TPSA) is 0 Å². The Hall–Kier alpha value is 0.590. The van der Waals surface area contributed by atoms with Crippen LogP contribution in [-0.2, 0) is 0 Å². The highest BCUT2D eigenvalue weighted by Crippen LogP contribution is 2.42. The molecule has 0 aromatic rings. The largest absolute Gasteiger partial charge is 0.383 e. The van der Waals surface area contributed by atoms with Crippen LogP contribution in [0.4, 0.5) is 17.9 Å². The lowest BCUT2D eigenvalue weighted by atomic mass is 10.8. The van der Waals surface area contributed by atoms with Gasteiger partial charge in [-0.25, -0.2) is 0 Å². The second-order valence-corrected chi connectivity index (χ2v) is 2.71. The lowest BCUT2D eigenvalue weighted by Gasteiger charge is -2.13. The molecule has 0 amide bonds. The van der Waals surface area contributed by atoms with Gasteiger partial charge in [0, 0.05) is 0 Å². The van der Waals surface area contributed by atoms with Gasteiger partial charge in [-0.1, -0.05) is 23.2 Å². The van der Waals surface area contributed by atoms with E-state index in [9.17, 15) is 13.2 Å². The normalized spacial score (nSPS) is 12.7. The Labute approximate surface area is 63.2 Å². The molecular formula is C2HCl3F4. The summed E-state index contributed by atoms with van der Waals surface area (Å²) in [7, 11) is 0. The predicted octanol–water partition coefficient (Wildman–Crippen LogP) is 3.07. The highest BCUT2D eigenvalue weighted by molar-refractivity contribution is 6.51. The summed E-state index contributed by atoms with van der Waals surface area (Å²) in [6.45, 7) is 0. The average Bonchev–Trinajstić information content (AvgIpc) is 1.25. The van der Waals surface area contributed by atoms with Gasteiger partial charge in [0.1, 0.15) is 0 Å². The van der Waals surface area contributed by atoms with Gasteiger partial charge < -0.3 is 0 Å². The Morgan fingerprint density at radius 1 is 0.889 bits per heavy atom. The first-order valence-electron chi connectivity index (χ1n) is 1.38. The molecule has 0 aliphatic heterocycles. The van der Waals surface area contributed by atoms with Crippen molar-refractivity contribution in [2.75, 3.05) is 0 Å². The van der Waals surface area contributed by atoms with Gasteiger partial charge >= 0.3 is 9.97 Å². The van der Waals surface area contributed by atoms with Gasteiger partial charge in [-0.3, -0.25) is 4.70 Å². The first-order valence-corrected chi connectivity index (χ1v) is 2.52. The molecule has 0 aromatic heterocycles. The molecule has 0 bridgehead atoms. The molecule has 7 heteroatoms. The van der Waals surface area contributed by atoms with E-state index in [2.05, 4.69) is 34.8 Å². The van der Waals surface area contributed by atoms with E-state index in [4.69, 9.17) is 0 Å². The van der Waals surface area contributed by atoms with E-state index >= 15 is 0 Å². The Balaban J connectivity index is 0. The predicted molar refractivity (Wildman–Crippen MR) is 28.8 cm³/mol. The van der Waals surface area contributed by atoms with Crippen LogP contribution in [0.5, 0.6) is 0 Å². The van der Waals surface area contributed by atoms with Crippen molar-refractivity contribution >= 4 is 34.8 Å². The van der Waals surface area contributed by atoms with Gasteiger partial charge in [0.25, 0.3) is 0 Å². The number of alkyl halides is 6. The minimum absolute atomic E-state index is 0. The van der Waals surface area contributed by atoms with Crippen molar-refractivity contribution in [3.63, 3.8) is 0 Å². The second kappa shape index (κ2) is 3.12. The molecule has 0 nitrogen and oxygen atoms in total. The summed E-state index contributed by atoms with van der Waals surface area (Å²) in [5, 5.41) is -4.23. The average molecular weight is 207 g/mol. The fourth-order valence-electron chi connectivity index (χ4n) is 0. The van der Waals surface area contributed by atoms with Gasteiger partial charge in [0.05, 0.1) is 0 Å². The Bertz CT molecular complexity index is 68.8. The molecule has 58 valence electrons. The summed E-state index contributed by atoms with van der Waals surface area (Å²) in [5.74, 6) is 0. The van der Waals surface area contributed by atoms with Crippen LogP contribution in [0.2, 0.25) is 0 Å². The Morgan fingerprint density at radius 3 is 1.00 bits per heavy atom. The molecule has 0 rings (SSSR count).